The van der Waals surface area contributed by atoms with Gasteiger partial charge in [0.25, 0.3) is 0 Å². The lowest BCUT2D eigenvalue weighted by molar-refractivity contribution is 0.175. The van der Waals surface area contributed by atoms with Crippen molar-refractivity contribution >= 4 is 17.9 Å². The number of methoxy groups -OCH3 is 1. The van der Waals surface area contributed by atoms with Crippen molar-refractivity contribution in [2.24, 2.45) is 0 Å². The average Bonchev–Trinajstić information content (AvgIpc) is 3.20. The van der Waals surface area contributed by atoms with Gasteiger partial charge in [0, 0.05) is 23.8 Å². The third-order valence-electron chi connectivity index (χ3n) is 6.24. The number of allylic oxidation sites excluding steroid dienone is 7. The van der Waals surface area contributed by atoms with Gasteiger partial charge in [0.05, 0.1) is 13.2 Å². The first kappa shape index (κ1) is 29.6. The lowest BCUT2D eigenvalue weighted by atomic mass is 10.0. The molecule has 3 N–H and O–H groups in total. The Hall–Kier alpha value is -3.58. The van der Waals surface area contributed by atoms with E-state index in [1.165, 1.54) is 19.4 Å². The number of hydrogen-bond acceptors (Lipinski definition) is 6. The third kappa shape index (κ3) is 9.10. The van der Waals surface area contributed by atoms with E-state index < -0.39 is 12.2 Å². The maximum Gasteiger partial charge on any atom is 0.410 e. The number of rotatable bonds is 12. The molecule has 2 unspecified atom stereocenters. The zero-order chi connectivity index (χ0) is 27.4. The van der Waals surface area contributed by atoms with Crippen LogP contribution in [0.5, 0.6) is 0 Å². The number of carbonyl (C=O) groups is 1. The largest absolute Gasteiger partial charge is 0.506 e. The minimum atomic E-state index is -0.532. The number of carbonyl (C=O) groups excluding carboxylic acids is 1. The van der Waals surface area contributed by atoms with Crippen LogP contribution in [0.15, 0.2) is 74.7 Å². The molecule has 1 aliphatic rings. The number of hydrogen-bond donors (Lipinski definition) is 3. The number of nitrogens with one attached hydrogen (secondary N) is 1. The predicted octanol–water partition coefficient (Wildman–Crippen LogP) is 4.78. The Balaban J connectivity index is 2.08. The van der Waals surface area contributed by atoms with Crippen LogP contribution in [0.1, 0.15) is 71.5 Å². The number of ether oxygens (including phenoxy) is 1. The van der Waals surface area contributed by atoms with Gasteiger partial charge in [-0.2, -0.15) is 0 Å². The van der Waals surface area contributed by atoms with Crippen LogP contribution in [-0.2, 0) is 4.74 Å². The van der Waals surface area contributed by atoms with Crippen LogP contribution in [0.2, 0.25) is 0 Å². The Labute approximate surface area is 218 Å². The molecule has 7 nitrogen and oxygen atoms in total. The van der Waals surface area contributed by atoms with Crippen molar-refractivity contribution in [1.29, 1.82) is 0 Å². The number of amides is 1. The van der Waals surface area contributed by atoms with E-state index >= 15 is 0 Å². The van der Waals surface area contributed by atoms with Crippen LogP contribution in [-0.4, -0.2) is 29.5 Å². The van der Waals surface area contributed by atoms with Crippen molar-refractivity contribution in [3.63, 3.8) is 0 Å². The second-order valence-corrected chi connectivity index (χ2v) is 9.20. The fraction of sp³-hybridized carbons (Fsp3) is 0.400. The smallest absolute Gasteiger partial charge is 0.410 e. The number of fused-ring (bicyclic) bond motifs is 1. The van der Waals surface area contributed by atoms with Crippen LogP contribution in [0, 0.1) is 0 Å². The lowest BCUT2D eigenvalue weighted by Gasteiger charge is -2.11. The lowest BCUT2D eigenvalue weighted by Crippen LogP contribution is -2.38. The first-order valence-electron chi connectivity index (χ1n) is 12.6. The minimum absolute atomic E-state index is 0.0339. The van der Waals surface area contributed by atoms with Gasteiger partial charge in [-0.3, -0.25) is 10.1 Å². The second kappa shape index (κ2) is 14.9. The third-order valence-corrected chi connectivity index (χ3v) is 6.24. The van der Waals surface area contributed by atoms with Gasteiger partial charge < -0.3 is 19.4 Å². The molecule has 1 aliphatic carbocycles. The number of aliphatic hydroxyl groups is 2. The van der Waals surface area contributed by atoms with Crippen LogP contribution < -0.4 is 21.4 Å². The van der Waals surface area contributed by atoms with E-state index in [-0.39, 0.29) is 22.3 Å². The molecule has 1 amide bonds. The fourth-order valence-electron chi connectivity index (χ4n) is 3.78. The Morgan fingerprint density at radius 2 is 2.00 bits per heavy atom. The Bertz CT molecular complexity index is 1280. The molecule has 2 rings (SSSR count). The molecule has 1 aromatic rings. The first-order chi connectivity index (χ1) is 17.7. The van der Waals surface area contributed by atoms with E-state index in [2.05, 4.69) is 10.1 Å². The molecular weight excluding hydrogens is 470 g/mol. The summed E-state index contributed by atoms with van der Waals surface area (Å²) in [5.41, 5.74) is 2.59. The van der Waals surface area contributed by atoms with Gasteiger partial charge in [-0.25, -0.2) is 4.79 Å². The normalized spacial score (nSPS) is 16.8. The Morgan fingerprint density at radius 3 is 2.70 bits per heavy atom. The summed E-state index contributed by atoms with van der Waals surface area (Å²) in [6, 6.07) is 1.43. The molecule has 200 valence electrons. The highest BCUT2D eigenvalue weighted by molar-refractivity contribution is 5.76. The molecule has 0 spiro atoms. The van der Waals surface area contributed by atoms with Crippen molar-refractivity contribution in [3.8, 4) is 0 Å². The summed E-state index contributed by atoms with van der Waals surface area (Å²) in [5.74, 6) is 0.418. The molecule has 1 heterocycles. The Kier molecular flexibility index (Phi) is 11.9. The highest BCUT2D eigenvalue weighted by Gasteiger charge is 2.17. The monoisotopic (exact) mass is 509 g/mol. The highest BCUT2D eigenvalue weighted by Crippen LogP contribution is 2.20. The van der Waals surface area contributed by atoms with E-state index in [1.807, 2.05) is 52.0 Å². The van der Waals surface area contributed by atoms with Crippen molar-refractivity contribution in [2.45, 2.75) is 71.8 Å². The van der Waals surface area contributed by atoms with Gasteiger partial charge >= 0.3 is 6.09 Å². The zero-order valence-electron chi connectivity index (χ0n) is 22.4. The van der Waals surface area contributed by atoms with Crippen LogP contribution >= 0.6 is 0 Å². The maximum atomic E-state index is 12.7. The molecular formula is C30H39NO6. The fourth-order valence-corrected chi connectivity index (χ4v) is 3.78. The van der Waals surface area contributed by atoms with E-state index in [4.69, 9.17) is 4.42 Å². The van der Waals surface area contributed by atoms with Crippen molar-refractivity contribution in [3.05, 3.63) is 92.1 Å². The van der Waals surface area contributed by atoms with Crippen LogP contribution in [0.3, 0.4) is 0 Å². The molecule has 7 heteroatoms. The van der Waals surface area contributed by atoms with E-state index in [0.717, 1.165) is 17.6 Å². The average molecular weight is 510 g/mol. The molecule has 0 aliphatic heterocycles. The van der Waals surface area contributed by atoms with Crippen molar-refractivity contribution in [1.82, 2.24) is 5.32 Å². The summed E-state index contributed by atoms with van der Waals surface area (Å²) in [4.78, 5) is 23.8. The second-order valence-electron chi connectivity index (χ2n) is 9.20. The Morgan fingerprint density at radius 1 is 1.24 bits per heavy atom. The molecule has 0 radical (unpaired) electrons. The van der Waals surface area contributed by atoms with Gasteiger partial charge in [-0.15, -0.1) is 0 Å². The molecule has 1 aromatic heterocycles. The molecule has 0 bridgehead atoms. The van der Waals surface area contributed by atoms with E-state index in [0.29, 0.717) is 42.4 Å². The van der Waals surface area contributed by atoms with Gasteiger partial charge in [0.1, 0.15) is 22.2 Å². The molecule has 0 saturated heterocycles. The summed E-state index contributed by atoms with van der Waals surface area (Å²) in [7, 11) is 1.30. The molecule has 0 aromatic carbocycles. The van der Waals surface area contributed by atoms with Crippen molar-refractivity contribution < 1.29 is 24.2 Å². The summed E-state index contributed by atoms with van der Waals surface area (Å²) >= 11 is 0. The van der Waals surface area contributed by atoms with Gasteiger partial charge in [-0.05, 0) is 64.5 Å². The summed E-state index contributed by atoms with van der Waals surface area (Å²) < 4.78 is 10.5. The first-order valence-corrected chi connectivity index (χ1v) is 12.6. The molecule has 2 atom stereocenters. The SMILES string of the molecule is C/C=C/C/C=C(/C)C(O)CC/C(C)=C/C=C1\C=c2oc(C(C)CC/C=C/NC(=O)OC)cc(=O)c2=C1O. The van der Waals surface area contributed by atoms with Crippen LogP contribution in [0.4, 0.5) is 4.79 Å². The summed E-state index contributed by atoms with van der Waals surface area (Å²) in [5, 5.41) is 23.6. The minimum Gasteiger partial charge on any atom is -0.506 e. The predicted molar refractivity (Wildman–Crippen MR) is 147 cm³/mol. The molecule has 0 fully saturated rings. The molecule has 0 saturated carbocycles. The molecule has 37 heavy (non-hydrogen) atoms. The van der Waals surface area contributed by atoms with Gasteiger partial charge in [0.2, 0.25) is 0 Å². The van der Waals surface area contributed by atoms with Crippen LogP contribution in [0.25, 0.3) is 11.8 Å². The number of alkyl carbamates (subject to hydrolysis) is 1. The van der Waals surface area contributed by atoms with E-state index in [9.17, 15) is 19.8 Å². The summed E-state index contributed by atoms with van der Waals surface area (Å²) in [6.45, 7) is 7.84. The van der Waals surface area contributed by atoms with Gasteiger partial charge in [-0.1, -0.05) is 49.0 Å². The summed E-state index contributed by atoms with van der Waals surface area (Å²) in [6.07, 6.45) is 17.2. The van der Waals surface area contributed by atoms with Gasteiger partial charge in [0.15, 0.2) is 5.43 Å². The maximum absolute atomic E-state index is 12.7. The highest BCUT2D eigenvalue weighted by atomic mass is 16.5. The zero-order valence-corrected chi connectivity index (χ0v) is 22.4. The topological polar surface area (TPSA) is 109 Å². The van der Waals surface area contributed by atoms with Crippen molar-refractivity contribution in [2.75, 3.05) is 7.11 Å². The quantitative estimate of drug-likeness (QED) is 0.350. The standard InChI is InChI=1S/C30H39NO6/c1-6-7-8-11-21(3)24(32)16-14-20(2)13-15-23-18-27-28(29(23)34)25(33)19-26(37-27)22(4)12-9-10-17-31-30(35)36-5/h6-7,10-11,13,15,17-19,22,24,32,34H,8-9,12,14,16H2,1-5H3,(H,31,35)/b7-6+,17-10+,20-13+,21-11-,23-15+. The number of aliphatic hydroxyl groups excluding tert-OH is 2. The van der Waals surface area contributed by atoms with E-state index in [1.54, 1.807) is 18.2 Å².